The van der Waals surface area contributed by atoms with E-state index in [1.54, 1.807) is 36.4 Å². The van der Waals surface area contributed by atoms with Gasteiger partial charge in [-0.25, -0.2) is 0 Å². The van der Waals surface area contributed by atoms with Crippen molar-refractivity contribution >= 4 is 5.69 Å². The van der Waals surface area contributed by atoms with Crippen LogP contribution in [0.25, 0.3) is 0 Å². The molecule has 1 aromatic heterocycles. The Bertz CT molecular complexity index is 544. The molecule has 3 N–H and O–H groups in total. The van der Waals surface area contributed by atoms with E-state index in [0.717, 1.165) is 5.56 Å². The predicted molar refractivity (Wildman–Crippen MR) is 67.6 cm³/mol. The number of methoxy groups -OCH3 is 1. The maximum Gasteiger partial charge on any atom is 0.246 e. The molecule has 0 aliphatic heterocycles. The second-order valence-electron chi connectivity index (χ2n) is 3.66. The second-order valence-corrected chi connectivity index (χ2v) is 3.66. The van der Waals surface area contributed by atoms with Gasteiger partial charge in [-0.15, -0.1) is 0 Å². The molecule has 0 amide bonds. The van der Waals surface area contributed by atoms with E-state index in [0.29, 0.717) is 17.3 Å². The number of nitrogen functional groups attached to an aromatic ring is 1. The average Bonchev–Trinajstić information content (AvgIpc) is 2.41. The summed E-state index contributed by atoms with van der Waals surface area (Å²) in [5, 5.41) is 9.05. The van der Waals surface area contributed by atoms with Crippen molar-refractivity contribution in [3.05, 3.63) is 42.0 Å². The molecule has 0 fully saturated rings. The largest absolute Gasteiger partial charge is 0.481 e. The van der Waals surface area contributed by atoms with Gasteiger partial charge in [-0.05, 0) is 23.8 Å². The van der Waals surface area contributed by atoms with Gasteiger partial charge in [-0.2, -0.15) is 4.98 Å². The molecule has 0 bridgehead atoms. The van der Waals surface area contributed by atoms with Gasteiger partial charge in [0.15, 0.2) is 0 Å². The van der Waals surface area contributed by atoms with Crippen molar-refractivity contribution in [1.82, 2.24) is 4.98 Å². The van der Waals surface area contributed by atoms with E-state index in [1.165, 1.54) is 7.11 Å². The summed E-state index contributed by atoms with van der Waals surface area (Å²) in [5.74, 6) is 1.27. The highest BCUT2D eigenvalue weighted by Crippen LogP contribution is 2.27. The first kappa shape index (κ1) is 12.2. The molecule has 0 aliphatic carbocycles. The Kier molecular flexibility index (Phi) is 3.64. The zero-order valence-electron chi connectivity index (χ0n) is 9.96. The van der Waals surface area contributed by atoms with Crippen molar-refractivity contribution in [2.24, 2.45) is 0 Å². The lowest BCUT2D eigenvalue weighted by Crippen LogP contribution is -1.97. The highest BCUT2D eigenvalue weighted by atomic mass is 16.5. The van der Waals surface area contributed by atoms with E-state index in [4.69, 9.17) is 20.3 Å². The topological polar surface area (TPSA) is 77.6 Å². The normalized spacial score (nSPS) is 10.1. The first-order valence-corrected chi connectivity index (χ1v) is 5.41. The van der Waals surface area contributed by atoms with E-state index in [-0.39, 0.29) is 12.5 Å². The minimum absolute atomic E-state index is 0.0434. The van der Waals surface area contributed by atoms with Gasteiger partial charge in [0.2, 0.25) is 11.8 Å². The van der Waals surface area contributed by atoms with Gasteiger partial charge in [0.25, 0.3) is 0 Å². The maximum absolute atomic E-state index is 9.05. The van der Waals surface area contributed by atoms with Gasteiger partial charge in [-0.1, -0.05) is 12.1 Å². The molecule has 1 heterocycles. The Morgan fingerprint density at radius 1 is 1.28 bits per heavy atom. The summed E-state index contributed by atoms with van der Waals surface area (Å²) in [5.41, 5.74) is 6.95. The van der Waals surface area contributed by atoms with Crippen molar-refractivity contribution in [2.45, 2.75) is 6.61 Å². The van der Waals surface area contributed by atoms with Crippen LogP contribution in [0.4, 0.5) is 5.69 Å². The molecule has 0 atom stereocenters. The maximum atomic E-state index is 9.05. The number of rotatable bonds is 4. The molecule has 0 spiro atoms. The summed E-state index contributed by atoms with van der Waals surface area (Å²) in [7, 11) is 1.52. The number of aromatic nitrogens is 1. The molecular weight excluding hydrogens is 232 g/mol. The van der Waals surface area contributed by atoms with Gasteiger partial charge in [0.05, 0.1) is 19.4 Å². The summed E-state index contributed by atoms with van der Waals surface area (Å²) in [6.45, 7) is -0.0434. The van der Waals surface area contributed by atoms with Gasteiger partial charge in [0.1, 0.15) is 5.75 Å². The number of nitrogens with zero attached hydrogens (tertiary/aromatic N) is 1. The lowest BCUT2D eigenvalue weighted by Gasteiger charge is -2.09. The average molecular weight is 246 g/mol. The number of nitrogens with two attached hydrogens (primary N) is 1. The van der Waals surface area contributed by atoms with Gasteiger partial charge >= 0.3 is 0 Å². The molecule has 2 rings (SSSR count). The molecule has 0 aliphatic rings. The number of hydrogen-bond donors (Lipinski definition) is 2. The zero-order chi connectivity index (χ0) is 13.0. The number of hydrogen-bond acceptors (Lipinski definition) is 5. The summed E-state index contributed by atoms with van der Waals surface area (Å²) in [6.07, 6.45) is 0. The zero-order valence-corrected chi connectivity index (χ0v) is 9.96. The summed E-state index contributed by atoms with van der Waals surface area (Å²) in [6, 6.07) is 10.4. The van der Waals surface area contributed by atoms with Crippen LogP contribution in [0.15, 0.2) is 36.4 Å². The Labute approximate surface area is 105 Å². The van der Waals surface area contributed by atoms with Crippen molar-refractivity contribution in [2.75, 3.05) is 12.8 Å². The number of aliphatic hydroxyl groups is 1. The summed E-state index contributed by atoms with van der Waals surface area (Å²) >= 11 is 0. The molecule has 0 saturated heterocycles. The number of pyridine rings is 1. The lowest BCUT2D eigenvalue weighted by molar-refractivity contribution is 0.281. The quantitative estimate of drug-likeness (QED) is 0.862. The van der Waals surface area contributed by atoms with E-state index >= 15 is 0 Å². The molecule has 0 saturated carbocycles. The van der Waals surface area contributed by atoms with Crippen molar-refractivity contribution in [1.29, 1.82) is 0 Å². The van der Waals surface area contributed by atoms with E-state index < -0.39 is 0 Å². The van der Waals surface area contributed by atoms with Crippen LogP contribution in [-0.2, 0) is 6.61 Å². The molecule has 18 heavy (non-hydrogen) atoms. The van der Waals surface area contributed by atoms with Crippen molar-refractivity contribution in [3.63, 3.8) is 0 Å². The first-order chi connectivity index (χ1) is 8.72. The van der Waals surface area contributed by atoms with Crippen LogP contribution in [0, 0.1) is 0 Å². The van der Waals surface area contributed by atoms with Crippen LogP contribution in [0.2, 0.25) is 0 Å². The Balaban J connectivity index is 2.27. The van der Waals surface area contributed by atoms with Crippen molar-refractivity contribution in [3.8, 4) is 17.5 Å². The standard InChI is InChI=1S/C13H14N2O3/c1-17-12-6-5-11(14)13(15-12)18-10-4-2-3-9(7-10)8-16/h2-7,16H,8,14H2,1H3. The van der Waals surface area contributed by atoms with Crippen LogP contribution in [-0.4, -0.2) is 17.2 Å². The molecule has 2 aromatic rings. The van der Waals surface area contributed by atoms with Crippen LogP contribution in [0.1, 0.15) is 5.56 Å². The fourth-order valence-corrected chi connectivity index (χ4v) is 1.45. The summed E-state index contributed by atoms with van der Waals surface area (Å²) in [4.78, 5) is 4.11. The predicted octanol–water partition coefficient (Wildman–Crippen LogP) is 1.96. The van der Waals surface area contributed by atoms with Gasteiger partial charge in [0, 0.05) is 6.07 Å². The fraction of sp³-hybridized carbons (Fsp3) is 0.154. The van der Waals surface area contributed by atoms with Gasteiger partial charge in [-0.3, -0.25) is 0 Å². The molecule has 0 radical (unpaired) electrons. The minimum Gasteiger partial charge on any atom is -0.481 e. The molecule has 1 aromatic carbocycles. The molecule has 94 valence electrons. The highest BCUT2D eigenvalue weighted by Gasteiger charge is 2.06. The molecular formula is C13H14N2O3. The number of ether oxygens (including phenoxy) is 2. The highest BCUT2D eigenvalue weighted by molar-refractivity contribution is 5.51. The van der Waals surface area contributed by atoms with Gasteiger partial charge < -0.3 is 20.3 Å². The van der Waals surface area contributed by atoms with Crippen molar-refractivity contribution < 1.29 is 14.6 Å². The van der Waals surface area contributed by atoms with Crippen LogP contribution < -0.4 is 15.2 Å². The van der Waals surface area contributed by atoms with Crippen LogP contribution in [0.3, 0.4) is 0 Å². The second kappa shape index (κ2) is 5.37. The number of aliphatic hydroxyl groups excluding tert-OH is 1. The third kappa shape index (κ3) is 2.70. The SMILES string of the molecule is COc1ccc(N)c(Oc2cccc(CO)c2)n1. The Hall–Kier alpha value is -2.27. The summed E-state index contributed by atoms with van der Waals surface area (Å²) < 4.78 is 10.6. The minimum atomic E-state index is -0.0434. The van der Waals surface area contributed by atoms with E-state index in [2.05, 4.69) is 4.98 Å². The lowest BCUT2D eigenvalue weighted by atomic mass is 10.2. The molecule has 5 heteroatoms. The Morgan fingerprint density at radius 3 is 2.83 bits per heavy atom. The van der Waals surface area contributed by atoms with Crippen LogP contribution >= 0.6 is 0 Å². The van der Waals surface area contributed by atoms with E-state index in [1.807, 2.05) is 0 Å². The molecule has 5 nitrogen and oxygen atoms in total. The van der Waals surface area contributed by atoms with Crippen LogP contribution in [0.5, 0.6) is 17.5 Å². The Morgan fingerprint density at radius 2 is 2.11 bits per heavy atom. The first-order valence-electron chi connectivity index (χ1n) is 5.41. The third-order valence-corrected chi connectivity index (χ3v) is 2.37. The molecule has 0 unspecified atom stereocenters. The number of benzene rings is 1. The fourth-order valence-electron chi connectivity index (χ4n) is 1.45. The monoisotopic (exact) mass is 246 g/mol. The van der Waals surface area contributed by atoms with E-state index in [9.17, 15) is 0 Å². The third-order valence-electron chi connectivity index (χ3n) is 2.37. The number of anilines is 1. The smallest absolute Gasteiger partial charge is 0.246 e.